The van der Waals surface area contributed by atoms with Crippen LogP contribution in [0.2, 0.25) is 0 Å². The summed E-state index contributed by atoms with van der Waals surface area (Å²) in [6.45, 7) is 2.70. The SMILES string of the molecule is O=C(O)CC(O)(CC(=O)O)C(=O)O.c1ccc(CCN(Cc2ccncc2)Cc2cn[nH]c2-c2ccccc2)cc1. The van der Waals surface area contributed by atoms with Gasteiger partial charge in [0, 0.05) is 37.6 Å². The molecule has 0 atom stereocenters. The molecule has 4 rings (SSSR count). The van der Waals surface area contributed by atoms with Gasteiger partial charge in [0.1, 0.15) is 0 Å². The van der Waals surface area contributed by atoms with Crippen molar-refractivity contribution in [3.05, 3.63) is 108 Å². The molecule has 0 unspecified atom stereocenters. The van der Waals surface area contributed by atoms with E-state index in [1.807, 2.05) is 24.7 Å². The van der Waals surface area contributed by atoms with E-state index >= 15 is 0 Å². The number of hydrogen-bond donors (Lipinski definition) is 5. The number of aromatic amines is 1. The zero-order valence-electron chi connectivity index (χ0n) is 22.3. The maximum absolute atomic E-state index is 10.3. The van der Waals surface area contributed by atoms with Crippen molar-refractivity contribution in [2.24, 2.45) is 0 Å². The molecule has 2 aromatic carbocycles. The molecule has 4 aromatic rings. The van der Waals surface area contributed by atoms with Gasteiger partial charge in [-0.05, 0) is 35.2 Å². The first kappa shape index (κ1) is 30.7. The molecule has 0 saturated carbocycles. The Kier molecular flexibility index (Phi) is 11.3. The van der Waals surface area contributed by atoms with Crippen molar-refractivity contribution in [2.45, 2.75) is 38.0 Å². The Morgan fingerprint density at radius 1 is 0.780 bits per heavy atom. The lowest BCUT2D eigenvalue weighted by Crippen LogP contribution is -2.42. The summed E-state index contributed by atoms with van der Waals surface area (Å²) in [6.07, 6.45) is 4.40. The van der Waals surface area contributed by atoms with Crippen LogP contribution in [0.15, 0.2) is 91.4 Å². The second-order valence-electron chi connectivity index (χ2n) is 9.42. The number of nitrogens with zero attached hydrogens (tertiary/aromatic N) is 3. The fraction of sp³-hybridized carbons (Fsp3) is 0.233. The predicted octanol–water partition coefficient (Wildman–Crippen LogP) is 3.47. The summed E-state index contributed by atoms with van der Waals surface area (Å²) in [5.41, 5.74) is 3.37. The number of pyridine rings is 1. The molecule has 0 fully saturated rings. The number of aromatic nitrogens is 3. The average molecular weight is 561 g/mol. The lowest BCUT2D eigenvalue weighted by atomic mass is 9.96. The van der Waals surface area contributed by atoms with E-state index in [1.165, 1.54) is 22.3 Å². The zero-order valence-corrected chi connectivity index (χ0v) is 22.3. The molecule has 0 aliphatic rings. The Bertz CT molecular complexity index is 1380. The smallest absolute Gasteiger partial charge is 0.336 e. The van der Waals surface area contributed by atoms with Crippen LogP contribution < -0.4 is 0 Å². The molecule has 0 bridgehead atoms. The van der Waals surface area contributed by atoms with Crippen LogP contribution in [0.5, 0.6) is 0 Å². The molecular formula is C30H32N4O7. The third-order valence-corrected chi connectivity index (χ3v) is 6.17. The molecule has 5 N–H and O–H groups in total. The summed E-state index contributed by atoms with van der Waals surface area (Å²) < 4.78 is 0. The maximum atomic E-state index is 10.3. The van der Waals surface area contributed by atoms with Crippen molar-refractivity contribution in [1.29, 1.82) is 0 Å². The van der Waals surface area contributed by atoms with E-state index in [9.17, 15) is 14.4 Å². The summed E-state index contributed by atoms with van der Waals surface area (Å²) in [5.74, 6) is -5.02. The zero-order chi connectivity index (χ0) is 29.7. The average Bonchev–Trinajstić information content (AvgIpc) is 3.41. The first-order chi connectivity index (χ1) is 19.7. The predicted molar refractivity (Wildman–Crippen MR) is 150 cm³/mol. The van der Waals surface area contributed by atoms with Gasteiger partial charge in [-0.1, -0.05) is 60.7 Å². The number of hydrogen-bond acceptors (Lipinski definition) is 7. The summed E-state index contributed by atoms with van der Waals surface area (Å²) >= 11 is 0. The van der Waals surface area contributed by atoms with Crippen molar-refractivity contribution in [2.75, 3.05) is 6.54 Å². The molecule has 11 nitrogen and oxygen atoms in total. The normalized spacial score (nSPS) is 11.0. The lowest BCUT2D eigenvalue weighted by molar-refractivity contribution is -0.170. The first-order valence-corrected chi connectivity index (χ1v) is 12.8. The van der Waals surface area contributed by atoms with Gasteiger partial charge in [-0.25, -0.2) is 4.79 Å². The van der Waals surface area contributed by atoms with Crippen LogP contribution in [-0.4, -0.2) is 70.6 Å². The van der Waals surface area contributed by atoms with Gasteiger partial charge in [0.05, 0.1) is 24.7 Å². The monoisotopic (exact) mass is 560 g/mol. The van der Waals surface area contributed by atoms with Crippen LogP contribution in [0.1, 0.15) is 29.5 Å². The minimum atomic E-state index is -2.74. The molecule has 0 aliphatic carbocycles. The molecule has 0 radical (unpaired) electrons. The lowest BCUT2D eigenvalue weighted by Gasteiger charge is -2.22. The fourth-order valence-electron chi connectivity index (χ4n) is 4.13. The largest absolute Gasteiger partial charge is 0.481 e. The highest BCUT2D eigenvalue weighted by atomic mass is 16.4. The molecule has 0 spiro atoms. The molecule has 0 amide bonds. The van der Waals surface area contributed by atoms with Gasteiger partial charge in [-0.15, -0.1) is 0 Å². The number of H-pyrrole nitrogens is 1. The second-order valence-corrected chi connectivity index (χ2v) is 9.42. The van der Waals surface area contributed by atoms with Crippen LogP contribution in [0.3, 0.4) is 0 Å². The minimum absolute atomic E-state index is 0.843. The Hall–Kier alpha value is -4.87. The van der Waals surface area contributed by atoms with E-state index in [0.717, 1.165) is 31.7 Å². The Morgan fingerprint density at radius 2 is 1.37 bits per heavy atom. The van der Waals surface area contributed by atoms with Gasteiger partial charge in [-0.3, -0.25) is 24.6 Å². The summed E-state index contributed by atoms with van der Waals surface area (Å²) in [4.78, 5) is 37.1. The van der Waals surface area contributed by atoms with Crippen LogP contribution >= 0.6 is 0 Å². The number of rotatable bonds is 13. The number of aliphatic hydroxyl groups is 1. The Balaban J connectivity index is 0.000000302. The van der Waals surface area contributed by atoms with E-state index in [1.54, 1.807) is 0 Å². The molecule has 2 aromatic heterocycles. The molecule has 2 heterocycles. The molecule has 0 saturated heterocycles. The van der Waals surface area contributed by atoms with Crippen molar-refractivity contribution >= 4 is 17.9 Å². The van der Waals surface area contributed by atoms with E-state index in [-0.39, 0.29) is 0 Å². The summed E-state index contributed by atoms with van der Waals surface area (Å²) in [7, 11) is 0. The number of benzene rings is 2. The molecule has 0 aliphatic heterocycles. The molecule has 11 heteroatoms. The second kappa shape index (κ2) is 15.1. The van der Waals surface area contributed by atoms with Gasteiger partial charge in [0.25, 0.3) is 0 Å². The van der Waals surface area contributed by atoms with Gasteiger partial charge in [0.15, 0.2) is 5.60 Å². The highest BCUT2D eigenvalue weighted by molar-refractivity contribution is 5.88. The Labute approximate surface area is 236 Å². The Morgan fingerprint density at radius 3 is 1.93 bits per heavy atom. The van der Waals surface area contributed by atoms with Gasteiger partial charge >= 0.3 is 17.9 Å². The quantitative estimate of drug-likeness (QED) is 0.163. The molecule has 41 heavy (non-hydrogen) atoms. The van der Waals surface area contributed by atoms with Crippen LogP contribution in [-0.2, 0) is 33.9 Å². The number of aliphatic carboxylic acids is 3. The van der Waals surface area contributed by atoms with E-state index < -0.39 is 36.4 Å². The minimum Gasteiger partial charge on any atom is -0.481 e. The van der Waals surface area contributed by atoms with E-state index in [4.69, 9.17) is 20.4 Å². The highest BCUT2D eigenvalue weighted by Gasteiger charge is 2.40. The van der Waals surface area contributed by atoms with E-state index in [2.05, 4.69) is 86.8 Å². The van der Waals surface area contributed by atoms with Crippen molar-refractivity contribution in [3.8, 4) is 11.3 Å². The first-order valence-electron chi connectivity index (χ1n) is 12.8. The molecule has 214 valence electrons. The van der Waals surface area contributed by atoms with Crippen LogP contribution in [0.25, 0.3) is 11.3 Å². The van der Waals surface area contributed by atoms with Crippen LogP contribution in [0.4, 0.5) is 0 Å². The number of carboxylic acids is 3. The van der Waals surface area contributed by atoms with Gasteiger partial charge in [0.2, 0.25) is 0 Å². The van der Waals surface area contributed by atoms with Gasteiger partial charge in [-0.2, -0.15) is 5.10 Å². The van der Waals surface area contributed by atoms with Crippen molar-refractivity contribution in [3.63, 3.8) is 0 Å². The fourth-order valence-corrected chi connectivity index (χ4v) is 4.13. The summed E-state index contributed by atoms with van der Waals surface area (Å²) in [5, 5.41) is 41.3. The number of carbonyl (C=O) groups is 3. The van der Waals surface area contributed by atoms with E-state index in [0.29, 0.717) is 0 Å². The summed E-state index contributed by atoms with van der Waals surface area (Å²) in [6, 6.07) is 25.2. The standard InChI is InChI=1S/C24H24N4.C6H8O7/c1-3-7-20(8-4-1)13-16-28(18-21-11-14-25-15-12-21)19-23-17-26-27-24(23)22-9-5-2-6-10-22;7-3(8)1-6(13,5(11)12)2-4(9)10/h1-12,14-15,17H,13,16,18-19H2,(H,26,27);13H,1-2H2,(H,7,8)(H,9,10)(H,11,12). The number of carboxylic acid groups (broad SMARTS) is 3. The maximum Gasteiger partial charge on any atom is 0.336 e. The third kappa shape index (κ3) is 9.99. The van der Waals surface area contributed by atoms with Crippen molar-refractivity contribution < 1.29 is 34.8 Å². The highest BCUT2D eigenvalue weighted by Crippen LogP contribution is 2.23. The van der Waals surface area contributed by atoms with Crippen molar-refractivity contribution in [1.82, 2.24) is 20.1 Å². The molecular weight excluding hydrogens is 528 g/mol. The van der Waals surface area contributed by atoms with Gasteiger partial charge < -0.3 is 20.4 Å². The topological polar surface area (TPSA) is 177 Å². The van der Waals surface area contributed by atoms with Crippen LogP contribution in [0, 0.1) is 0 Å². The number of nitrogens with one attached hydrogen (secondary N) is 1. The third-order valence-electron chi connectivity index (χ3n) is 6.17.